The quantitative estimate of drug-likeness (QED) is 0.720. The first kappa shape index (κ1) is 13.3. The molecule has 1 atom stereocenters. The molecule has 1 aromatic heterocycles. The Morgan fingerprint density at radius 3 is 2.88 bits per heavy atom. The number of hydrogen-bond acceptors (Lipinski definition) is 4. The normalized spacial score (nSPS) is 11.9. The second kappa shape index (κ2) is 6.08. The number of hydrogen-bond donors (Lipinski definition) is 3. The van der Waals surface area contributed by atoms with E-state index in [9.17, 15) is 4.79 Å². The van der Waals surface area contributed by atoms with E-state index in [4.69, 9.17) is 5.73 Å². The highest BCUT2D eigenvalue weighted by atomic mass is 16.2. The zero-order chi connectivity index (χ0) is 12.8. The van der Waals surface area contributed by atoms with E-state index in [0.29, 0.717) is 18.1 Å². The van der Waals surface area contributed by atoms with Crippen molar-refractivity contribution in [1.82, 2.24) is 10.3 Å². The highest BCUT2D eigenvalue weighted by molar-refractivity contribution is 5.83. The summed E-state index contributed by atoms with van der Waals surface area (Å²) in [5, 5.41) is 5.86. The highest BCUT2D eigenvalue weighted by Gasteiger charge is 2.12. The van der Waals surface area contributed by atoms with Gasteiger partial charge in [0.25, 0.3) is 0 Å². The van der Waals surface area contributed by atoms with Crippen LogP contribution in [-0.2, 0) is 4.79 Å². The molecule has 0 aliphatic heterocycles. The van der Waals surface area contributed by atoms with Crippen molar-refractivity contribution < 1.29 is 4.79 Å². The molecule has 1 rings (SSSR count). The zero-order valence-electron chi connectivity index (χ0n) is 10.6. The fraction of sp³-hybridized carbons (Fsp3) is 0.500. The van der Waals surface area contributed by atoms with Gasteiger partial charge in [-0.3, -0.25) is 4.79 Å². The van der Waals surface area contributed by atoms with E-state index in [1.54, 1.807) is 13.1 Å². The van der Waals surface area contributed by atoms with Gasteiger partial charge in [0.1, 0.15) is 11.9 Å². The third-order valence-electron chi connectivity index (χ3n) is 2.46. The molecule has 1 amide bonds. The molecule has 1 aromatic rings. The van der Waals surface area contributed by atoms with E-state index < -0.39 is 0 Å². The van der Waals surface area contributed by atoms with Crippen LogP contribution in [0.5, 0.6) is 0 Å². The van der Waals surface area contributed by atoms with Crippen molar-refractivity contribution in [2.45, 2.75) is 33.2 Å². The van der Waals surface area contributed by atoms with Crippen molar-refractivity contribution in [2.24, 2.45) is 0 Å². The molecule has 0 bridgehead atoms. The fourth-order valence-corrected chi connectivity index (χ4v) is 1.33. The number of nitrogens with one attached hydrogen (secondary N) is 2. The van der Waals surface area contributed by atoms with Gasteiger partial charge in [0.15, 0.2) is 0 Å². The first-order valence-electron chi connectivity index (χ1n) is 5.81. The molecule has 0 aliphatic rings. The van der Waals surface area contributed by atoms with Gasteiger partial charge in [0, 0.05) is 6.54 Å². The number of nitrogens with two attached hydrogens (primary N) is 1. The summed E-state index contributed by atoms with van der Waals surface area (Å²) in [4.78, 5) is 15.8. The van der Waals surface area contributed by atoms with Crippen molar-refractivity contribution in [2.75, 3.05) is 17.6 Å². The summed E-state index contributed by atoms with van der Waals surface area (Å²) in [5.74, 6) is 0.638. The molecule has 0 saturated carbocycles. The van der Waals surface area contributed by atoms with Crippen molar-refractivity contribution in [3.8, 4) is 0 Å². The Bertz CT molecular complexity index is 392. The Kier molecular flexibility index (Phi) is 4.75. The minimum absolute atomic E-state index is 0.0249. The van der Waals surface area contributed by atoms with Crippen molar-refractivity contribution in [3.05, 3.63) is 17.8 Å². The fourth-order valence-electron chi connectivity index (χ4n) is 1.33. The Labute approximate surface area is 102 Å². The standard InChI is InChI=1S/C12H20N4O/c1-4-5-14-12(17)9(3)16-11-6-8(2)10(13)7-15-11/h6-7,9H,4-5,13H2,1-3H3,(H,14,17)(H,15,16). The summed E-state index contributed by atoms with van der Waals surface area (Å²) in [7, 11) is 0. The number of amides is 1. The van der Waals surface area contributed by atoms with Crippen LogP contribution in [-0.4, -0.2) is 23.5 Å². The van der Waals surface area contributed by atoms with Gasteiger partial charge in [-0.25, -0.2) is 4.98 Å². The summed E-state index contributed by atoms with van der Waals surface area (Å²) in [6, 6.07) is 1.52. The van der Waals surface area contributed by atoms with Crippen LogP contribution < -0.4 is 16.4 Å². The summed E-state index contributed by atoms with van der Waals surface area (Å²) >= 11 is 0. The molecule has 0 radical (unpaired) electrons. The number of nitrogens with zero attached hydrogens (tertiary/aromatic N) is 1. The predicted molar refractivity (Wildman–Crippen MR) is 69.8 cm³/mol. The van der Waals surface area contributed by atoms with E-state index >= 15 is 0 Å². The van der Waals surface area contributed by atoms with E-state index in [1.807, 2.05) is 19.9 Å². The Balaban J connectivity index is 2.58. The molecule has 0 fully saturated rings. The summed E-state index contributed by atoms with van der Waals surface area (Å²) in [5.41, 5.74) is 7.27. The Hall–Kier alpha value is -1.78. The van der Waals surface area contributed by atoms with Crippen LogP contribution in [0.2, 0.25) is 0 Å². The molecule has 0 spiro atoms. The van der Waals surface area contributed by atoms with Crippen molar-refractivity contribution in [3.63, 3.8) is 0 Å². The second-order valence-corrected chi connectivity index (χ2v) is 4.08. The molecule has 0 aliphatic carbocycles. The first-order valence-corrected chi connectivity index (χ1v) is 5.81. The molecular formula is C12H20N4O. The van der Waals surface area contributed by atoms with Gasteiger partial charge in [-0.05, 0) is 31.9 Å². The number of rotatable bonds is 5. The Morgan fingerprint density at radius 2 is 2.29 bits per heavy atom. The highest BCUT2D eigenvalue weighted by Crippen LogP contribution is 2.13. The van der Waals surface area contributed by atoms with Crippen LogP contribution in [0.25, 0.3) is 0 Å². The maximum atomic E-state index is 11.6. The SMILES string of the molecule is CCCNC(=O)C(C)Nc1cc(C)c(N)cn1. The van der Waals surface area contributed by atoms with E-state index in [-0.39, 0.29) is 11.9 Å². The topological polar surface area (TPSA) is 80.0 Å². The minimum atomic E-state index is -0.308. The van der Waals surface area contributed by atoms with Gasteiger partial charge >= 0.3 is 0 Å². The van der Waals surface area contributed by atoms with Gasteiger partial charge in [-0.15, -0.1) is 0 Å². The average Bonchev–Trinajstić information content (AvgIpc) is 2.30. The van der Waals surface area contributed by atoms with Crippen LogP contribution >= 0.6 is 0 Å². The minimum Gasteiger partial charge on any atom is -0.397 e. The van der Waals surface area contributed by atoms with Crippen LogP contribution in [0, 0.1) is 6.92 Å². The monoisotopic (exact) mass is 236 g/mol. The molecule has 1 heterocycles. The summed E-state index contributed by atoms with van der Waals surface area (Å²) in [6.07, 6.45) is 2.52. The number of carbonyl (C=O) groups excluding carboxylic acids is 1. The lowest BCUT2D eigenvalue weighted by Crippen LogP contribution is -2.38. The number of pyridine rings is 1. The van der Waals surface area contributed by atoms with Gasteiger partial charge < -0.3 is 16.4 Å². The summed E-state index contributed by atoms with van der Waals surface area (Å²) < 4.78 is 0. The maximum Gasteiger partial charge on any atom is 0.242 e. The largest absolute Gasteiger partial charge is 0.397 e. The molecule has 94 valence electrons. The molecule has 17 heavy (non-hydrogen) atoms. The van der Waals surface area contributed by atoms with Crippen molar-refractivity contribution >= 4 is 17.4 Å². The first-order chi connectivity index (χ1) is 8.04. The number of aryl methyl sites for hydroxylation is 1. The molecular weight excluding hydrogens is 216 g/mol. The zero-order valence-corrected chi connectivity index (χ0v) is 10.6. The maximum absolute atomic E-state index is 11.6. The molecule has 1 unspecified atom stereocenters. The van der Waals surface area contributed by atoms with E-state index in [2.05, 4.69) is 15.6 Å². The molecule has 0 saturated heterocycles. The van der Waals surface area contributed by atoms with E-state index in [0.717, 1.165) is 12.0 Å². The van der Waals surface area contributed by atoms with Crippen LogP contribution in [0.3, 0.4) is 0 Å². The van der Waals surface area contributed by atoms with E-state index in [1.165, 1.54) is 0 Å². The molecule has 5 nitrogen and oxygen atoms in total. The molecule has 4 N–H and O–H groups in total. The smallest absolute Gasteiger partial charge is 0.242 e. The lowest BCUT2D eigenvalue weighted by atomic mass is 10.2. The third-order valence-corrected chi connectivity index (χ3v) is 2.46. The molecule has 0 aromatic carbocycles. The van der Waals surface area contributed by atoms with Crippen LogP contribution in [0.4, 0.5) is 11.5 Å². The van der Waals surface area contributed by atoms with Gasteiger partial charge in [-0.2, -0.15) is 0 Å². The van der Waals surface area contributed by atoms with Gasteiger partial charge in [0.2, 0.25) is 5.91 Å². The lowest BCUT2D eigenvalue weighted by Gasteiger charge is -2.14. The van der Waals surface area contributed by atoms with Crippen LogP contribution in [0.1, 0.15) is 25.8 Å². The van der Waals surface area contributed by atoms with Crippen molar-refractivity contribution in [1.29, 1.82) is 0 Å². The lowest BCUT2D eigenvalue weighted by molar-refractivity contribution is -0.121. The molecule has 5 heteroatoms. The van der Waals surface area contributed by atoms with Gasteiger partial charge in [-0.1, -0.05) is 6.92 Å². The number of anilines is 2. The number of carbonyl (C=O) groups is 1. The second-order valence-electron chi connectivity index (χ2n) is 4.08. The average molecular weight is 236 g/mol. The summed E-state index contributed by atoms with van der Waals surface area (Å²) in [6.45, 7) is 6.42. The van der Waals surface area contributed by atoms with Gasteiger partial charge in [0.05, 0.1) is 11.9 Å². The Morgan fingerprint density at radius 1 is 1.59 bits per heavy atom. The number of aromatic nitrogens is 1. The van der Waals surface area contributed by atoms with Crippen LogP contribution in [0.15, 0.2) is 12.3 Å². The third kappa shape index (κ3) is 3.94. The predicted octanol–water partition coefficient (Wildman–Crippen LogP) is 1.30. The number of nitrogen functional groups attached to an aromatic ring is 1.